The van der Waals surface area contributed by atoms with Crippen LogP contribution in [0.5, 0.6) is 0 Å². The molecule has 0 aromatic heterocycles. The monoisotopic (exact) mass is 432 g/mol. The van der Waals surface area contributed by atoms with Gasteiger partial charge in [-0.1, -0.05) is 54.5 Å². The summed E-state index contributed by atoms with van der Waals surface area (Å²) < 4.78 is 10.9. The second-order valence-corrected chi connectivity index (χ2v) is 8.57. The molecule has 0 saturated carbocycles. The number of ether oxygens (including phenoxy) is 2. The molecule has 164 valence electrons. The number of benzene rings is 2. The van der Waals surface area contributed by atoms with E-state index in [2.05, 4.69) is 11.8 Å². The average Bonchev–Trinajstić information content (AvgIpc) is 2.76. The van der Waals surface area contributed by atoms with Crippen molar-refractivity contribution in [3.63, 3.8) is 0 Å². The van der Waals surface area contributed by atoms with E-state index >= 15 is 0 Å². The van der Waals surface area contributed by atoms with Crippen LogP contribution >= 0.6 is 0 Å². The number of hydrogen-bond acceptors (Lipinski definition) is 5. The maximum absolute atomic E-state index is 13.5. The van der Waals surface area contributed by atoms with Gasteiger partial charge in [0.2, 0.25) is 0 Å². The number of carbonyl (C=O) groups is 3. The molecule has 3 aliphatic carbocycles. The fourth-order valence-corrected chi connectivity index (χ4v) is 5.12. The third-order valence-electron chi connectivity index (χ3n) is 6.10. The van der Waals surface area contributed by atoms with Gasteiger partial charge in [0.25, 0.3) is 0 Å². The fourth-order valence-electron chi connectivity index (χ4n) is 5.12. The van der Waals surface area contributed by atoms with Gasteiger partial charge in [-0.25, -0.2) is 4.79 Å². The lowest BCUT2D eigenvalue weighted by Crippen LogP contribution is -2.49. The SMILES string of the molecule is CC#CC(C)(C)OC(=O)C1C2c3ccccc3C(c3ccccc32)C1C(=O)OCC(=O)O. The Hall–Kier alpha value is -3.59. The number of carboxylic acid groups (broad SMARTS) is 1. The average molecular weight is 432 g/mol. The number of hydrogen-bond donors (Lipinski definition) is 1. The van der Waals surface area contributed by atoms with Crippen molar-refractivity contribution in [1.29, 1.82) is 0 Å². The number of rotatable bonds is 5. The lowest BCUT2D eigenvalue weighted by atomic mass is 9.54. The molecule has 0 heterocycles. The number of esters is 2. The molecule has 2 unspecified atom stereocenters. The highest BCUT2D eigenvalue weighted by molar-refractivity contribution is 5.89. The van der Waals surface area contributed by atoms with Gasteiger partial charge in [0.15, 0.2) is 12.2 Å². The lowest BCUT2D eigenvalue weighted by molar-refractivity contribution is -0.170. The third-order valence-corrected chi connectivity index (χ3v) is 6.10. The largest absolute Gasteiger partial charge is 0.479 e. The van der Waals surface area contributed by atoms with Crippen LogP contribution in [0, 0.1) is 23.7 Å². The molecule has 0 fully saturated rings. The van der Waals surface area contributed by atoms with Crippen molar-refractivity contribution >= 4 is 17.9 Å². The molecule has 2 bridgehead atoms. The summed E-state index contributed by atoms with van der Waals surface area (Å²) in [6.45, 7) is 4.30. The summed E-state index contributed by atoms with van der Waals surface area (Å²) in [6.07, 6.45) is 0. The summed E-state index contributed by atoms with van der Waals surface area (Å²) in [5, 5.41) is 9.01. The molecule has 2 aromatic rings. The smallest absolute Gasteiger partial charge is 0.341 e. The molecule has 6 nitrogen and oxygen atoms in total. The zero-order valence-corrected chi connectivity index (χ0v) is 18.1. The van der Waals surface area contributed by atoms with E-state index in [0.717, 1.165) is 22.3 Å². The van der Waals surface area contributed by atoms with Crippen molar-refractivity contribution in [2.24, 2.45) is 11.8 Å². The van der Waals surface area contributed by atoms with E-state index in [1.165, 1.54) is 0 Å². The highest BCUT2D eigenvalue weighted by Crippen LogP contribution is 2.58. The van der Waals surface area contributed by atoms with Gasteiger partial charge < -0.3 is 14.6 Å². The molecule has 1 N–H and O–H groups in total. The van der Waals surface area contributed by atoms with Crippen LogP contribution in [-0.2, 0) is 23.9 Å². The van der Waals surface area contributed by atoms with E-state index in [0.29, 0.717) is 0 Å². The van der Waals surface area contributed by atoms with E-state index in [1.807, 2.05) is 48.5 Å². The molecule has 32 heavy (non-hydrogen) atoms. The van der Waals surface area contributed by atoms with Gasteiger partial charge in [-0.2, -0.15) is 0 Å². The highest BCUT2D eigenvalue weighted by Gasteiger charge is 2.57. The van der Waals surface area contributed by atoms with E-state index in [1.54, 1.807) is 20.8 Å². The lowest BCUT2D eigenvalue weighted by Gasteiger charge is -2.48. The van der Waals surface area contributed by atoms with Crippen molar-refractivity contribution in [3.05, 3.63) is 70.8 Å². The van der Waals surface area contributed by atoms with Crippen LogP contribution < -0.4 is 0 Å². The Morgan fingerprint density at radius 3 is 1.72 bits per heavy atom. The van der Waals surface area contributed by atoms with Crippen LogP contribution in [0.3, 0.4) is 0 Å². The summed E-state index contributed by atoms with van der Waals surface area (Å²) in [5.74, 6) is 0.516. The molecule has 0 spiro atoms. The second-order valence-electron chi connectivity index (χ2n) is 8.57. The predicted molar refractivity (Wildman–Crippen MR) is 116 cm³/mol. The molecule has 5 rings (SSSR count). The Labute approximate surface area is 186 Å². The minimum absolute atomic E-state index is 0.410. The summed E-state index contributed by atoms with van der Waals surface area (Å²) in [7, 11) is 0. The Balaban J connectivity index is 1.86. The zero-order chi connectivity index (χ0) is 23.0. The van der Waals surface area contributed by atoms with Crippen LogP contribution in [-0.4, -0.2) is 35.2 Å². The third kappa shape index (κ3) is 3.64. The van der Waals surface area contributed by atoms with Crippen LogP contribution in [0.25, 0.3) is 0 Å². The van der Waals surface area contributed by atoms with Gasteiger partial charge in [-0.05, 0) is 43.0 Å². The minimum Gasteiger partial charge on any atom is -0.479 e. The van der Waals surface area contributed by atoms with Gasteiger partial charge >= 0.3 is 17.9 Å². The molecule has 6 heteroatoms. The first-order valence-corrected chi connectivity index (χ1v) is 10.5. The van der Waals surface area contributed by atoms with Gasteiger partial charge in [0.05, 0.1) is 11.8 Å². The summed E-state index contributed by atoms with van der Waals surface area (Å²) in [4.78, 5) is 37.8. The van der Waals surface area contributed by atoms with Gasteiger partial charge in [0.1, 0.15) is 0 Å². The van der Waals surface area contributed by atoms with E-state index in [-0.39, 0.29) is 0 Å². The predicted octanol–water partition coefficient (Wildman–Crippen LogP) is 3.48. The van der Waals surface area contributed by atoms with Crippen LogP contribution in [0.2, 0.25) is 0 Å². The molecule has 0 radical (unpaired) electrons. The maximum Gasteiger partial charge on any atom is 0.341 e. The fraction of sp³-hybridized carbons (Fsp3) is 0.346. The molecular weight excluding hydrogens is 408 g/mol. The molecule has 0 saturated heterocycles. The van der Waals surface area contributed by atoms with Crippen molar-refractivity contribution in [3.8, 4) is 11.8 Å². The topological polar surface area (TPSA) is 89.9 Å². The second kappa shape index (κ2) is 8.16. The highest BCUT2D eigenvalue weighted by atomic mass is 16.6. The Kier molecular flexibility index (Phi) is 5.52. The van der Waals surface area contributed by atoms with Gasteiger partial charge in [0, 0.05) is 11.8 Å². The molecule has 2 atom stereocenters. The molecule has 2 aromatic carbocycles. The summed E-state index contributed by atoms with van der Waals surface area (Å²) >= 11 is 0. The van der Waals surface area contributed by atoms with Gasteiger partial charge in [-0.3, -0.25) is 9.59 Å². The van der Waals surface area contributed by atoms with E-state index < -0.39 is 53.8 Å². The van der Waals surface area contributed by atoms with Crippen molar-refractivity contribution in [2.75, 3.05) is 6.61 Å². The van der Waals surface area contributed by atoms with Crippen LogP contribution in [0.15, 0.2) is 48.5 Å². The van der Waals surface area contributed by atoms with Crippen molar-refractivity contribution < 1.29 is 29.0 Å². The van der Waals surface area contributed by atoms with Crippen molar-refractivity contribution in [1.82, 2.24) is 0 Å². The van der Waals surface area contributed by atoms with Gasteiger partial charge in [-0.15, -0.1) is 5.92 Å². The minimum atomic E-state index is -1.25. The quantitative estimate of drug-likeness (QED) is 0.575. The van der Waals surface area contributed by atoms with Crippen LogP contribution in [0.4, 0.5) is 0 Å². The maximum atomic E-state index is 13.5. The molecular formula is C26H24O6. The number of aliphatic carboxylic acids is 1. The molecule has 0 aliphatic heterocycles. The summed E-state index contributed by atoms with van der Waals surface area (Å²) in [6, 6.07) is 15.5. The standard InChI is InChI=1S/C26H24O6/c1-4-13-26(2,3)32-25(30)23-21-17-11-7-5-9-15(17)20(16-10-6-8-12-18(16)21)22(23)24(29)31-14-19(27)28/h5-12,20-23H,14H2,1-3H3,(H,27,28). The normalized spacial score (nSPS) is 22.6. The first-order valence-electron chi connectivity index (χ1n) is 10.5. The number of fused-ring (bicyclic) bond motifs is 1. The van der Waals surface area contributed by atoms with E-state index in [4.69, 9.17) is 14.6 Å². The van der Waals surface area contributed by atoms with E-state index in [9.17, 15) is 14.4 Å². The summed E-state index contributed by atoms with van der Waals surface area (Å²) in [5.41, 5.74) is 2.81. The van der Waals surface area contributed by atoms with Crippen LogP contribution in [0.1, 0.15) is 54.9 Å². The molecule has 3 aliphatic rings. The Morgan fingerprint density at radius 2 is 1.31 bits per heavy atom. The number of carboxylic acids is 1. The zero-order valence-electron chi connectivity index (χ0n) is 18.1. The van der Waals surface area contributed by atoms with Crippen molar-refractivity contribution in [2.45, 2.75) is 38.2 Å². The first kappa shape index (κ1) is 21.6. The molecule has 0 amide bonds. The first-order chi connectivity index (χ1) is 15.2. The Morgan fingerprint density at radius 1 is 0.875 bits per heavy atom. The number of carbonyl (C=O) groups excluding carboxylic acids is 2. The Bertz CT molecular complexity index is 1100.